The van der Waals surface area contributed by atoms with Gasteiger partial charge in [-0.3, -0.25) is 0 Å². The predicted octanol–water partition coefficient (Wildman–Crippen LogP) is 1.28. The topological polar surface area (TPSA) is 78.9 Å². The third-order valence-corrected chi connectivity index (χ3v) is 2.90. The van der Waals surface area contributed by atoms with Crippen LogP contribution in [-0.4, -0.2) is 26.9 Å². The lowest BCUT2D eigenvalue weighted by atomic mass is 10.1. The van der Waals surface area contributed by atoms with Crippen LogP contribution in [0.2, 0.25) is 0 Å². The maximum Gasteiger partial charge on any atom is 0.164 e. The summed E-state index contributed by atoms with van der Waals surface area (Å²) in [6.07, 6.45) is 3.34. The average molecular weight is 255 g/mol. The summed E-state index contributed by atoms with van der Waals surface area (Å²) >= 11 is 0. The maximum absolute atomic E-state index is 5.52. The number of hydrogen-bond acceptors (Lipinski definition) is 5. The third kappa shape index (κ3) is 1.92. The van der Waals surface area contributed by atoms with Gasteiger partial charge in [0, 0.05) is 17.0 Å². The zero-order valence-corrected chi connectivity index (χ0v) is 10.4. The lowest BCUT2D eigenvalue weighted by Crippen LogP contribution is -2.03. The van der Waals surface area contributed by atoms with E-state index in [1.807, 2.05) is 24.3 Å². The zero-order chi connectivity index (χ0) is 13.2. The Labute approximate surface area is 109 Å². The molecular weight excluding hydrogens is 242 g/mol. The highest BCUT2D eigenvalue weighted by Crippen LogP contribution is 2.27. The van der Waals surface area contributed by atoms with Gasteiger partial charge in [-0.05, 0) is 12.1 Å². The first-order chi connectivity index (χ1) is 9.33. The highest BCUT2D eigenvalue weighted by atomic mass is 16.5. The van der Waals surface area contributed by atoms with Gasteiger partial charge >= 0.3 is 0 Å². The largest absolute Gasteiger partial charge is 0.496 e. The van der Waals surface area contributed by atoms with Crippen molar-refractivity contribution in [3.05, 3.63) is 42.6 Å². The molecule has 3 aromatic rings. The highest BCUT2D eigenvalue weighted by molar-refractivity contribution is 5.92. The van der Waals surface area contributed by atoms with Gasteiger partial charge in [-0.2, -0.15) is 0 Å². The van der Waals surface area contributed by atoms with E-state index in [1.54, 1.807) is 24.3 Å². The molecule has 0 radical (unpaired) electrons. The smallest absolute Gasteiger partial charge is 0.164 e. The van der Waals surface area contributed by atoms with Crippen LogP contribution in [0.1, 0.15) is 5.82 Å². The summed E-state index contributed by atoms with van der Waals surface area (Å²) < 4.78 is 6.98. The molecular formula is C13H13N5O. The average Bonchev–Trinajstić information content (AvgIpc) is 2.94. The molecule has 0 spiro atoms. The van der Waals surface area contributed by atoms with E-state index in [0.29, 0.717) is 18.2 Å². The van der Waals surface area contributed by atoms with Gasteiger partial charge < -0.3 is 10.5 Å². The SMILES string of the molecule is COc1cccc2c(-n3cnc(CN)n3)nccc12. The Balaban J connectivity index is 2.24. The number of methoxy groups -OCH3 is 1. The Kier molecular flexibility index (Phi) is 2.85. The second-order valence-corrected chi connectivity index (χ2v) is 4.00. The van der Waals surface area contributed by atoms with Crippen molar-refractivity contribution < 1.29 is 4.74 Å². The van der Waals surface area contributed by atoms with Gasteiger partial charge in [0.2, 0.25) is 0 Å². The van der Waals surface area contributed by atoms with E-state index < -0.39 is 0 Å². The van der Waals surface area contributed by atoms with Crippen molar-refractivity contribution in [3.63, 3.8) is 0 Å². The predicted molar refractivity (Wildman–Crippen MR) is 71.1 cm³/mol. The molecule has 3 rings (SSSR count). The first-order valence-corrected chi connectivity index (χ1v) is 5.86. The molecule has 0 atom stereocenters. The number of fused-ring (bicyclic) bond motifs is 1. The monoisotopic (exact) mass is 255 g/mol. The van der Waals surface area contributed by atoms with Crippen LogP contribution < -0.4 is 10.5 Å². The molecule has 0 aliphatic rings. The van der Waals surface area contributed by atoms with Crippen LogP contribution in [0.15, 0.2) is 36.8 Å². The zero-order valence-electron chi connectivity index (χ0n) is 10.4. The number of aromatic nitrogens is 4. The van der Waals surface area contributed by atoms with Crippen molar-refractivity contribution in [1.82, 2.24) is 19.7 Å². The fourth-order valence-electron chi connectivity index (χ4n) is 2.02. The number of pyridine rings is 1. The van der Waals surface area contributed by atoms with E-state index in [0.717, 1.165) is 16.5 Å². The lowest BCUT2D eigenvalue weighted by molar-refractivity contribution is 0.420. The molecule has 6 heteroatoms. The quantitative estimate of drug-likeness (QED) is 0.762. The Morgan fingerprint density at radius 1 is 1.21 bits per heavy atom. The van der Waals surface area contributed by atoms with Crippen molar-refractivity contribution in [1.29, 1.82) is 0 Å². The summed E-state index contributed by atoms with van der Waals surface area (Å²) in [6, 6.07) is 7.73. The molecule has 0 aliphatic carbocycles. The molecule has 0 bridgehead atoms. The normalized spacial score (nSPS) is 10.8. The van der Waals surface area contributed by atoms with Crippen LogP contribution in [0, 0.1) is 0 Å². The summed E-state index contributed by atoms with van der Waals surface area (Å²) in [7, 11) is 1.65. The molecule has 19 heavy (non-hydrogen) atoms. The van der Waals surface area contributed by atoms with Crippen LogP contribution in [0.3, 0.4) is 0 Å². The van der Waals surface area contributed by atoms with Gasteiger partial charge in [0.25, 0.3) is 0 Å². The van der Waals surface area contributed by atoms with Crippen molar-refractivity contribution >= 4 is 10.8 Å². The van der Waals surface area contributed by atoms with Crippen molar-refractivity contribution in [3.8, 4) is 11.6 Å². The Morgan fingerprint density at radius 3 is 2.84 bits per heavy atom. The van der Waals surface area contributed by atoms with Gasteiger partial charge in [-0.15, -0.1) is 5.10 Å². The van der Waals surface area contributed by atoms with Crippen LogP contribution in [0.4, 0.5) is 0 Å². The second-order valence-electron chi connectivity index (χ2n) is 4.00. The van der Waals surface area contributed by atoms with Crippen LogP contribution >= 0.6 is 0 Å². The third-order valence-electron chi connectivity index (χ3n) is 2.90. The Morgan fingerprint density at radius 2 is 2.11 bits per heavy atom. The van der Waals surface area contributed by atoms with Crippen molar-refractivity contribution in [2.75, 3.05) is 7.11 Å². The number of ether oxygens (including phenoxy) is 1. The summed E-state index contributed by atoms with van der Waals surface area (Å²) in [6.45, 7) is 0.307. The van der Waals surface area contributed by atoms with Crippen LogP contribution in [0.5, 0.6) is 5.75 Å². The number of nitrogens with two attached hydrogens (primary N) is 1. The van der Waals surface area contributed by atoms with Crippen molar-refractivity contribution in [2.24, 2.45) is 5.73 Å². The van der Waals surface area contributed by atoms with E-state index in [2.05, 4.69) is 15.1 Å². The van der Waals surface area contributed by atoms with Crippen LogP contribution in [0.25, 0.3) is 16.6 Å². The summed E-state index contributed by atoms with van der Waals surface area (Å²) in [5, 5.41) is 6.22. The molecule has 0 fully saturated rings. The van der Waals surface area contributed by atoms with Crippen molar-refractivity contribution in [2.45, 2.75) is 6.54 Å². The van der Waals surface area contributed by atoms with Gasteiger partial charge in [-0.25, -0.2) is 14.6 Å². The number of hydrogen-bond donors (Lipinski definition) is 1. The van der Waals surface area contributed by atoms with E-state index in [1.165, 1.54) is 0 Å². The lowest BCUT2D eigenvalue weighted by Gasteiger charge is -2.08. The van der Waals surface area contributed by atoms with Gasteiger partial charge in [0.05, 0.1) is 13.7 Å². The molecule has 1 aromatic carbocycles. The number of rotatable bonds is 3. The minimum absolute atomic E-state index is 0.307. The summed E-state index contributed by atoms with van der Waals surface area (Å²) in [5.41, 5.74) is 5.52. The van der Waals surface area contributed by atoms with Gasteiger partial charge in [0.1, 0.15) is 12.1 Å². The molecule has 6 nitrogen and oxygen atoms in total. The summed E-state index contributed by atoms with van der Waals surface area (Å²) in [5.74, 6) is 2.10. The maximum atomic E-state index is 5.52. The molecule has 2 aromatic heterocycles. The van der Waals surface area contributed by atoms with Crippen LogP contribution in [-0.2, 0) is 6.54 Å². The first-order valence-electron chi connectivity index (χ1n) is 5.86. The number of benzene rings is 1. The van der Waals surface area contributed by atoms with E-state index in [4.69, 9.17) is 10.5 Å². The minimum atomic E-state index is 0.307. The molecule has 2 N–H and O–H groups in total. The molecule has 0 unspecified atom stereocenters. The highest BCUT2D eigenvalue weighted by Gasteiger charge is 2.09. The fourth-order valence-corrected chi connectivity index (χ4v) is 2.02. The van der Waals surface area contributed by atoms with E-state index in [9.17, 15) is 0 Å². The molecule has 0 aliphatic heterocycles. The Bertz CT molecular complexity index is 722. The summed E-state index contributed by atoms with van der Waals surface area (Å²) in [4.78, 5) is 8.48. The minimum Gasteiger partial charge on any atom is -0.496 e. The standard InChI is InChI=1S/C13H13N5O/c1-19-11-4-2-3-10-9(11)5-6-15-13(10)18-8-16-12(7-14)17-18/h2-6,8H,7,14H2,1H3. The van der Waals surface area contributed by atoms with Gasteiger partial charge in [-0.1, -0.05) is 12.1 Å². The molecule has 96 valence electrons. The van der Waals surface area contributed by atoms with E-state index >= 15 is 0 Å². The molecule has 0 saturated carbocycles. The Hall–Kier alpha value is -2.47. The second kappa shape index (κ2) is 4.66. The molecule has 0 amide bonds. The molecule has 0 saturated heterocycles. The fraction of sp³-hybridized carbons (Fsp3) is 0.154. The molecule has 2 heterocycles. The number of nitrogens with zero attached hydrogens (tertiary/aromatic N) is 4. The van der Waals surface area contributed by atoms with Gasteiger partial charge in [0.15, 0.2) is 11.6 Å². The first kappa shape index (κ1) is 11.6. The van der Waals surface area contributed by atoms with E-state index in [-0.39, 0.29) is 0 Å².